The number of ether oxygens (including phenoxy) is 2. The summed E-state index contributed by atoms with van der Waals surface area (Å²) in [5.41, 5.74) is 2.83. The number of benzene rings is 2. The van der Waals surface area contributed by atoms with E-state index in [1.54, 1.807) is 39.0 Å². The van der Waals surface area contributed by atoms with E-state index in [-0.39, 0.29) is 5.56 Å². The predicted octanol–water partition coefficient (Wildman–Crippen LogP) is 4.45. The maximum absolute atomic E-state index is 12.1. The molecule has 29 heavy (non-hydrogen) atoms. The molecule has 0 saturated carbocycles. The van der Waals surface area contributed by atoms with E-state index in [9.17, 15) is 14.4 Å². The standard InChI is InChI=1S/C22H26N2O5/c1-14-6-11-18(15(2)12-14)24-19(25)13-28-20(26)16-7-9-17(10-8-16)23-21(27)29-22(3,4)5/h6-12H,13H2,1-5H3,(H,23,27)(H,24,25). The van der Waals surface area contributed by atoms with Gasteiger partial charge in [-0.1, -0.05) is 17.7 Å². The lowest BCUT2D eigenvalue weighted by molar-refractivity contribution is -0.119. The highest BCUT2D eigenvalue weighted by Crippen LogP contribution is 2.16. The van der Waals surface area contributed by atoms with Crippen LogP contribution in [-0.2, 0) is 14.3 Å². The van der Waals surface area contributed by atoms with Gasteiger partial charge in [0.25, 0.3) is 5.91 Å². The van der Waals surface area contributed by atoms with E-state index in [1.165, 1.54) is 12.1 Å². The van der Waals surface area contributed by atoms with Crippen LogP contribution in [0.2, 0.25) is 0 Å². The normalized spacial score (nSPS) is 10.8. The Balaban J connectivity index is 1.85. The highest BCUT2D eigenvalue weighted by atomic mass is 16.6. The van der Waals surface area contributed by atoms with Gasteiger partial charge in [0.2, 0.25) is 0 Å². The number of carbonyl (C=O) groups excluding carboxylic acids is 3. The highest BCUT2D eigenvalue weighted by molar-refractivity contribution is 5.96. The van der Waals surface area contributed by atoms with Crippen LogP contribution in [0.5, 0.6) is 0 Å². The SMILES string of the molecule is Cc1ccc(NC(=O)COC(=O)c2ccc(NC(=O)OC(C)(C)C)cc2)c(C)c1. The lowest BCUT2D eigenvalue weighted by Crippen LogP contribution is -2.27. The van der Waals surface area contributed by atoms with Crippen molar-refractivity contribution in [2.75, 3.05) is 17.2 Å². The van der Waals surface area contributed by atoms with Crippen LogP contribution in [0.1, 0.15) is 42.3 Å². The molecule has 2 aromatic carbocycles. The molecule has 0 fully saturated rings. The van der Waals surface area contributed by atoms with E-state index < -0.39 is 30.2 Å². The van der Waals surface area contributed by atoms with E-state index in [2.05, 4.69) is 10.6 Å². The van der Waals surface area contributed by atoms with Crippen LogP contribution >= 0.6 is 0 Å². The molecule has 2 aromatic rings. The summed E-state index contributed by atoms with van der Waals surface area (Å²) in [7, 11) is 0. The van der Waals surface area contributed by atoms with Gasteiger partial charge in [-0.2, -0.15) is 0 Å². The minimum atomic E-state index is -0.635. The fourth-order valence-corrected chi connectivity index (χ4v) is 2.47. The number of aryl methyl sites for hydroxylation is 2. The summed E-state index contributed by atoms with van der Waals surface area (Å²) >= 11 is 0. The van der Waals surface area contributed by atoms with Gasteiger partial charge in [-0.15, -0.1) is 0 Å². The summed E-state index contributed by atoms with van der Waals surface area (Å²) in [5.74, 6) is -1.06. The molecular formula is C22H26N2O5. The predicted molar refractivity (Wildman–Crippen MR) is 111 cm³/mol. The van der Waals surface area contributed by atoms with Gasteiger partial charge in [-0.3, -0.25) is 10.1 Å². The Hall–Kier alpha value is -3.35. The van der Waals surface area contributed by atoms with E-state index >= 15 is 0 Å². The highest BCUT2D eigenvalue weighted by Gasteiger charge is 2.16. The fourth-order valence-electron chi connectivity index (χ4n) is 2.47. The second-order valence-corrected chi connectivity index (χ2v) is 7.65. The molecule has 0 saturated heterocycles. The third-order valence-corrected chi connectivity index (χ3v) is 3.76. The van der Waals surface area contributed by atoms with Gasteiger partial charge >= 0.3 is 12.1 Å². The zero-order chi connectivity index (χ0) is 21.6. The Labute approximate surface area is 170 Å². The molecule has 0 unspecified atom stereocenters. The second-order valence-electron chi connectivity index (χ2n) is 7.65. The summed E-state index contributed by atoms with van der Waals surface area (Å²) in [5, 5.41) is 5.29. The number of nitrogens with one attached hydrogen (secondary N) is 2. The number of hydrogen-bond acceptors (Lipinski definition) is 5. The minimum Gasteiger partial charge on any atom is -0.452 e. The molecule has 0 heterocycles. The number of anilines is 2. The van der Waals surface area contributed by atoms with Crippen molar-refractivity contribution in [2.45, 2.75) is 40.2 Å². The van der Waals surface area contributed by atoms with Gasteiger partial charge in [-0.05, 0) is 70.5 Å². The Morgan fingerprint density at radius 2 is 1.59 bits per heavy atom. The first kappa shape index (κ1) is 21.9. The van der Waals surface area contributed by atoms with Crippen LogP contribution in [0.4, 0.5) is 16.2 Å². The van der Waals surface area contributed by atoms with Crippen LogP contribution in [0, 0.1) is 13.8 Å². The molecule has 7 nitrogen and oxygen atoms in total. The molecule has 0 aliphatic carbocycles. The third kappa shape index (κ3) is 7.29. The molecule has 0 spiro atoms. The largest absolute Gasteiger partial charge is 0.452 e. The average Bonchev–Trinajstić information content (AvgIpc) is 2.61. The molecule has 0 radical (unpaired) electrons. The van der Waals surface area contributed by atoms with E-state index in [1.807, 2.05) is 26.0 Å². The van der Waals surface area contributed by atoms with E-state index in [4.69, 9.17) is 9.47 Å². The van der Waals surface area contributed by atoms with Gasteiger partial charge in [0, 0.05) is 11.4 Å². The maximum Gasteiger partial charge on any atom is 0.412 e. The van der Waals surface area contributed by atoms with E-state index in [0.29, 0.717) is 11.4 Å². The van der Waals surface area contributed by atoms with Crippen molar-refractivity contribution in [1.82, 2.24) is 0 Å². The first-order valence-electron chi connectivity index (χ1n) is 9.18. The maximum atomic E-state index is 12.1. The van der Waals surface area contributed by atoms with Gasteiger partial charge in [-0.25, -0.2) is 9.59 Å². The summed E-state index contributed by atoms with van der Waals surface area (Å²) < 4.78 is 10.2. The quantitative estimate of drug-likeness (QED) is 0.726. The molecule has 154 valence electrons. The topological polar surface area (TPSA) is 93.7 Å². The number of esters is 1. The van der Waals surface area contributed by atoms with Crippen LogP contribution in [-0.4, -0.2) is 30.2 Å². The second kappa shape index (κ2) is 9.23. The molecule has 0 bridgehead atoms. The van der Waals surface area contributed by atoms with Crippen molar-refractivity contribution in [3.63, 3.8) is 0 Å². The lowest BCUT2D eigenvalue weighted by atomic mass is 10.1. The molecular weight excluding hydrogens is 372 g/mol. The van der Waals surface area contributed by atoms with Crippen molar-refractivity contribution in [2.24, 2.45) is 0 Å². The number of hydrogen-bond donors (Lipinski definition) is 2. The molecule has 0 aliphatic rings. The van der Waals surface area contributed by atoms with Gasteiger partial charge < -0.3 is 14.8 Å². The first-order chi connectivity index (χ1) is 13.5. The summed E-state index contributed by atoms with van der Waals surface area (Å²) in [4.78, 5) is 35.9. The third-order valence-electron chi connectivity index (χ3n) is 3.76. The summed E-state index contributed by atoms with van der Waals surface area (Å²) in [6.45, 7) is 8.76. The molecule has 2 rings (SSSR count). The van der Waals surface area contributed by atoms with Gasteiger partial charge in [0.15, 0.2) is 6.61 Å². The lowest BCUT2D eigenvalue weighted by Gasteiger charge is -2.19. The monoisotopic (exact) mass is 398 g/mol. The smallest absolute Gasteiger partial charge is 0.412 e. The van der Waals surface area contributed by atoms with Crippen LogP contribution in [0.3, 0.4) is 0 Å². The van der Waals surface area contributed by atoms with E-state index in [0.717, 1.165) is 11.1 Å². The van der Waals surface area contributed by atoms with Gasteiger partial charge in [0.05, 0.1) is 5.56 Å². The molecule has 2 amide bonds. The van der Waals surface area contributed by atoms with Crippen molar-refractivity contribution in [3.8, 4) is 0 Å². The zero-order valence-electron chi connectivity index (χ0n) is 17.3. The zero-order valence-corrected chi connectivity index (χ0v) is 17.3. The Kier molecular flexibility index (Phi) is 6.98. The Bertz CT molecular complexity index is 898. The number of amides is 2. The number of rotatable bonds is 5. The Morgan fingerprint density at radius 1 is 0.931 bits per heavy atom. The van der Waals surface area contributed by atoms with Crippen molar-refractivity contribution >= 4 is 29.3 Å². The minimum absolute atomic E-state index is 0.263. The molecule has 7 heteroatoms. The molecule has 0 atom stereocenters. The van der Waals surface area contributed by atoms with Crippen LogP contribution in [0.15, 0.2) is 42.5 Å². The Morgan fingerprint density at radius 3 is 2.17 bits per heavy atom. The van der Waals surface area contributed by atoms with Crippen molar-refractivity contribution < 1.29 is 23.9 Å². The number of carbonyl (C=O) groups is 3. The first-order valence-corrected chi connectivity index (χ1v) is 9.18. The van der Waals surface area contributed by atoms with Crippen molar-refractivity contribution in [3.05, 3.63) is 59.2 Å². The van der Waals surface area contributed by atoms with Crippen molar-refractivity contribution in [1.29, 1.82) is 0 Å². The average molecular weight is 398 g/mol. The summed E-state index contributed by atoms with van der Waals surface area (Å²) in [6, 6.07) is 11.7. The van der Waals surface area contributed by atoms with Crippen LogP contribution in [0.25, 0.3) is 0 Å². The molecule has 2 N–H and O–H groups in total. The fraction of sp³-hybridized carbons (Fsp3) is 0.318. The molecule has 0 aliphatic heterocycles. The van der Waals surface area contributed by atoms with Crippen LogP contribution < -0.4 is 10.6 Å². The molecule has 0 aromatic heterocycles. The van der Waals surface area contributed by atoms with Gasteiger partial charge in [0.1, 0.15) is 5.60 Å². The summed E-state index contributed by atoms with van der Waals surface area (Å²) in [6.07, 6.45) is -0.587.